The van der Waals surface area contributed by atoms with Gasteiger partial charge in [-0.1, -0.05) is 0 Å². The highest BCUT2D eigenvalue weighted by molar-refractivity contribution is 9.10. The minimum Gasteiger partial charge on any atom is -0.353 e. The molecular weight excluding hydrogens is 258 g/mol. The van der Waals surface area contributed by atoms with E-state index in [9.17, 15) is 0 Å². The molecule has 0 bridgehead atoms. The average Bonchev–Trinajstić information content (AvgIpc) is 2.42. The van der Waals surface area contributed by atoms with Crippen LogP contribution in [0.4, 0.5) is 0 Å². The van der Waals surface area contributed by atoms with E-state index in [1.165, 1.54) is 0 Å². The van der Waals surface area contributed by atoms with E-state index in [0.717, 1.165) is 23.3 Å². The van der Waals surface area contributed by atoms with Crippen molar-refractivity contribution in [1.82, 2.24) is 14.7 Å². The van der Waals surface area contributed by atoms with Crippen LogP contribution in [0.25, 0.3) is 0 Å². The molecule has 82 valence electrons. The summed E-state index contributed by atoms with van der Waals surface area (Å²) in [6.45, 7) is 4.11. The summed E-state index contributed by atoms with van der Waals surface area (Å²) in [4.78, 5) is 2.31. The molecular formula is C10H14BrN3O. The predicted octanol–water partition coefficient (Wildman–Crippen LogP) is 1.11. The number of epoxide rings is 1. The molecule has 0 saturated carbocycles. The van der Waals surface area contributed by atoms with Gasteiger partial charge in [0.05, 0.1) is 16.4 Å². The Labute approximate surface area is 97.3 Å². The monoisotopic (exact) mass is 271 g/mol. The Morgan fingerprint density at radius 1 is 1.47 bits per heavy atom. The zero-order chi connectivity index (χ0) is 10.8. The van der Waals surface area contributed by atoms with Crippen LogP contribution in [0.3, 0.4) is 0 Å². The third-order valence-electron chi connectivity index (χ3n) is 3.55. The van der Waals surface area contributed by atoms with Crippen LogP contribution in [0, 0.1) is 0 Å². The van der Waals surface area contributed by atoms with Crippen LogP contribution in [0.15, 0.2) is 10.7 Å². The van der Waals surface area contributed by atoms with Crippen LogP contribution in [-0.4, -0.2) is 40.4 Å². The molecule has 5 heteroatoms. The summed E-state index contributed by atoms with van der Waals surface area (Å²) >= 11 is 3.55. The van der Waals surface area contributed by atoms with E-state index in [2.05, 4.69) is 39.9 Å². The smallest absolute Gasteiger partial charge is 0.154 e. The Morgan fingerprint density at radius 3 is 2.67 bits per heavy atom. The van der Waals surface area contributed by atoms with Gasteiger partial charge >= 0.3 is 0 Å². The minimum atomic E-state index is -0.147. The molecule has 4 nitrogen and oxygen atoms in total. The van der Waals surface area contributed by atoms with Gasteiger partial charge in [0.1, 0.15) is 5.60 Å². The summed E-state index contributed by atoms with van der Waals surface area (Å²) in [5.74, 6) is 0. The van der Waals surface area contributed by atoms with Gasteiger partial charge in [-0.15, -0.1) is 0 Å². The standard InChI is InChI=1S/C10H14BrN3O/c1-9-5-13(2)6-10(9,15-9)8-7(11)4-12-14(8)3/h4H,5-6H2,1-3H3/t9-,10-/m0/s1. The van der Waals surface area contributed by atoms with Crippen molar-refractivity contribution in [3.63, 3.8) is 0 Å². The number of halogens is 1. The van der Waals surface area contributed by atoms with Gasteiger partial charge in [0.25, 0.3) is 0 Å². The van der Waals surface area contributed by atoms with Gasteiger partial charge in [-0.05, 0) is 29.9 Å². The molecule has 2 atom stereocenters. The molecule has 2 aliphatic rings. The number of aromatic nitrogens is 2. The topological polar surface area (TPSA) is 33.6 Å². The highest BCUT2D eigenvalue weighted by Gasteiger charge is 2.74. The molecule has 2 saturated heterocycles. The van der Waals surface area contributed by atoms with E-state index in [1.54, 1.807) is 0 Å². The second-order valence-electron chi connectivity index (χ2n) is 4.80. The van der Waals surface area contributed by atoms with Gasteiger partial charge < -0.3 is 4.74 Å². The second-order valence-corrected chi connectivity index (χ2v) is 5.65. The first-order chi connectivity index (χ1) is 6.98. The Bertz CT molecular complexity index is 413. The Balaban J connectivity index is 2.10. The first-order valence-electron chi connectivity index (χ1n) is 5.05. The van der Waals surface area contributed by atoms with Gasteiger partial charge in [-0.2, -0.15) is 5.10 Å². The fourth-order valence-corrected chi connectivity index (χ4v) is 3.58. The van der Waals surface area contributed by atoms with Crippen molar-refractivity contribution in [2.24, 2.45) is 7.05 Å². The lowest BCUT2D eigenvalue weighted by Gasteiger charge is -2.14. The van der Waals surface area contributed by atoms with Crippen LogP contribution in [0.5, 0.6) is 0 Å². The summed E-state index contributed by atoms with van der Waals surface area (Å²) in [5.41, 5.74) is 0.985. The van der Waals surface area contributed by atoms with Crippen LogP contribution in [0.2, 0.25) is 0 Å². The molecule has 0 unspecified atom stereocenters. The third-order valence-corrected chi connectivity index (χ3v) is 4.13. The summed E-state index contributed by atoms with van der Waals surface area (Å²) in [6, 6.07) is 0. The van der Waals surface area contributed by atoms with Crippen LogP contribution in [0.1, 0.15) is 12.6 Å². The first kappa shape index (κ1) is 9.81. The van der Waals surface area contributed by atoms with Gasteiger partial charge in [0, 0.05) is 20.1 Å². The van der Waals surface area contributed by atoms with Crippen LogP contribution >= 0.6 is 15.9 Å². The predicted molar refractivity (Wildman–Crippen MR) is 59.6 cm³/mol. The van der Waals surface area contributed by atoms with Crippen molar-refractivity contribution in [2.45, 2.75) is 18.1 Å². The number of likely N-dealkylation sites (tertiary alicyclic amines) is 1. The van der Waals surface area contributed by atoms with Crippen LogP contribution < -0.4 is 0 Å². The van der Waals surface area contributed by atoms with E-state index in [-0.39, 0.29) is 11.2 Å². The first-order valence-corrected chi connectivity index (χ1v) is 5.84. The quantitative estimate of drug-likeness (QED) is 0.718. The normalized spacial score (nSPS) is 39.5. The molecule has 3 heterocycles. The van der Waals surface area contributed by atoms with Gasteiger partial charge in [-0.3, -0.25) is 9.58 Å². The number of likely N-dealkylation sites (N-methyl/N-ethyl adjacent to an activating group) is 1. The number of morpholine rings is 1. The lowest BCUT2D eigenvalue weighted by molar-refractivity contribution is 0.155. The highest BCUT2D eigenvalue weighted by Crippen LogP contribution is 2.60. The molecule has 2 aliphatic heterocycles. The second kappa shape index (κ2) is 2.64. The fraction of sp³-hybridized carbons (Fsp3) is 0.700. The van der Waals surface area contributed by atoms with Crippen molar-refractivity contribution in [3.8, 4) is 0 Å². The van der Waals surface area contributed by atoms with E-state index < -0.39 is 0 Å². The molecule has 1 aromatic rings. The number of fused-ring (bicyclic) bond motifs is 1. The maximum atomic E-state index is 5.97. The number of aryl methyl sites for hydroxylation is 1. The molecule has 3 rings (SSSR count). The molecule has 1 aromatic heterocycles. The van der Waals surface area contributed by atoms with Gasteiger partial charge in [0.2, 0.25) is 0 Å². The summed E-state index contributed by atoms with van der Waals surface area (Å²) in [5, 5.41) is 4.26. The summed E-state index contributed by atoms with van der Waals surface area (Å²) in [7, 11) is 4.10. The Hall–Kier alpha value is -0.390. The molecule has 0 aliphatic carbocycles. The molecule has 0 aromatic carbocycles. The number of rotatable bonds is 1. The average molecular weight is 272 g/mol. The number of hydrogen-bond acceptors (Lipinski definition) is 3. The number of nitrogens with zero attached hydrogens (tertiary/aromatic N) is 3. The van der Waals surface area contributed by atoms with Crippen molar-refractivity contribution in [1.29, 1.82) is 0 Å². The summed E-state index contributed by atoms with van der Waals surface area (Å²) < 4.78 is 8.93. The van der Waals surface area contributed by atoms with E-state index >= 15 is 0 Å². The third kappa shape index (κ3) is 1.06. The lowest BCUT2D eigenvalue weighted by atomic mass is 9.95. The van der Waals surface area contributed by atoms with Gasteiger partial charge in [-0.25, -0.2) is 0 Å². The van der Waals surface area contributed by atoms with Crippen molar-refractivity contribution < 1.29 is 4.74 Å². The number of ether oxygens (including phenoxy) is 1. The van der Waals surface area contributed by atoms with E-state index in [4.69, 9.17) is 4.74 Å². The SMILES string of the molecule is CN1C[C@@]2(c3c(Br)cnn3C)O[C@@]2(C)C1. The zero-order valence-electron chi connectivity index (χ0n) is 9.12. The van der Waals surface area contributed by atoms with Crippen molar-refractivity contribution >= 4 is 15.9 Å². The molecule has 0 radical (unpaired) electrons. The fourth-order valence-electron chi connectivity index (χ4n) is 2.91. The van der Waals surface area contributed by atoms with E-state index in [1.807, 2.05) is 17.9 Å². The molecule has 15 heavy (non-hydrogen) atoms. The molecule has 0 spiro atoms. The lowest BCUT2D eigenvalue weighted by Crippen LogP contribution is -2.25. The maximum Gasteiger partial charge on any atom is 0.154 e. The largest absolute Gasteiger partial charge is 0.353 e. The van der Waals surface area contributed by atoms with Crippen molar-refractivity contribution in [3.05, 3.63) is 16.4 Å². The summed E-state index contributed by atoms with van der Waals surface area (Å²) in [6.07, 6.45) is 1.84. The maximum absolute atomic E-state index is 5.97. The zero-order valence-corrected chi connectivity index (χ0v) is 10.7. The minimum absolute atomic E-state index is 0.0297. The molecule has 0 N–H and O–H groups in total. The highest BCUT2D eigenvalue weighted by atomic mass is 79.9. The van der Waals surface area contributed by atoms with Crippen molar-refractivity contribution in [2.75, 3.05) is 20.1 Å². The van der Waals surface area contributed by atoms with E-state index in [0.29, 0.717) is 0 Å². The number of hydrogen-bond donors (Lipinski definition) is 0. The van der Waals surface area contributed by atoms with Gasteiger partial charge in [0.15, 0.2) is 5.60 Å². The Morgan fingerprint density at radius 2 is 2.20 bits per heavy atom. The van der Waals surface area contributed by atoms with Crippen LogP contribution in [-0.2, 0) is 17.4 Å². The molecule has 0 amide bonds. The Kier molecular flexibility index (Phi) is 1.73. The molecule has 2 fully saturated rings.